The summed E-state index contributed by atoms with van der Waals surface area (Å²) in [6, 6.07) is 0. The maximum absolute atomic E-state index is 11.7. The fourth-order valence-corrected chi connectivity index (χ4v) is 1.44. The molecule has 8 heteroatoms. The third-order valence-corrected chi connectivity index (χ3v) is 2.51. The van der Waals surface area contributed by atoms with E-state index in [0.717, 1.165) is 0 Å². The van der Waals surface area contributed by atoms with Crippen molar-refractivity contribution in [3.63, 3.8) is 0 Å². The van der Waals surface area contributed by atoms with Crippen LogP contribution in [0.2, 0.25) is 0 Å². The van der Waals surface area contributed by atoms with Crippen LogP contribution in [0.4, 0.5) is 0 Å². The molecule has 126 valence electrons. The Morgan fingerprint density at radius 3 is 2.68 bits per heavy atom. The summed E-state index contributed by atoms with van der Waals surface area (Å²) in [5, 5.41) is 10.6. The van der Waals surface area contributed by atoms with Crippen LogP contribution in [0.5, 0.6) is 0 Å². The first kappa shape index (κ1) is 18.5. The van der Waals surface area contributed by atoms with Crippen molar-refractivity contribution in [1.29, 1.82) is 0 Å². The zero-order valence-electron chi connectivity index (χ0n) is 13.7. The van der Waals surface area contributed by atoms with Crippen LogP contribution in [0.1, 0.15) is 33.4 Å². The van der Waals surface area contributed by atoms with E-state index in [4.69, 9.17) is 14.2 Å². The highest BCUT2D eigenvalue weighted by molar-refractivity contribution is 5.75. The normalized spacial score (nSPS) is 11.4. The van der Waals surface area contributed by atoms with E-state index in [1.54, 1.807) is 6.20 Å². The smallest absolute Gasteiger partial charge is 0.241 e. The van der Waals surface area contributed by atoms with E-state index in [9.17, 15) is 4.79 Å². The molecule has 0 aliphatic heterocycles. The Hall–Kier alpha value is -1.51. The summed E-state index contributed by atoms with van der Waals surface area (Å²) in [4.78, 5) is 11.7. The highest BCUT2D eigenvalue weighted by Crippen LogP contribution is 1.99. The van der Waals surface area contributed by atoms with Crippen LogP contribution in [-0.2, 0) is 32.2 Å². The number of hydrogen-bond acceptors (Lipinski definition) is 6. The monoisotopic (exact) mass is 314 g/mol. The Morgan fingerprint density at radius 2 is 2.00 bits per heavy atom. The van der Waals surface area contributed by atoms with E-state index in [2.05, 4.69) is 15.6 Å². The maximum atomic E-state index is 11.7. The summed E-state index contributed by atoms with van der Waals surface area (Å²) < 4.78 is 17.3. The minimum Gasteiger partial charge on any atom is -0.372 e. The number of ether oxygens (including phenoxy) is 3. The van der Waals surface area contributed by atoms with E-state index >= 15 is 0 Å². The molecule has 0 aromatic carbocycles. The Bertz CT molecular complexity index is 434. The lowest BCUT2D eigenvalue weighted by atomic mass is 10.4. The maximum Gasteiger partial charge on any atom is 0.241 e. The van der Waals surface area contributed by atoms with Crippen molar-refractivity contribution in [1.82, 2.24) is 20.3 Å². The van der Waals surface area contributed by atoms with Crippen molar-refractivity contribution in [3.8, 4) is 0 Å². The minimum absolute atomic E-state index is 0.122. The number of carbonyl (C=O) groups is 1. The van der Waals surface area contributed by atoms with Crippen LogP contribution in [0, 0.1) is 0 Å². The molecule has 0 fully saturated rings. The van der Waals surface area contributed by atoms with Gasteiger partial charge in [-0.3, -0.25) is 4.79 Å². The number of hydrogen-bond donors (Lipinski definition) is 1. The van der Waals surface area contributed by atoms with Gasteiger partial charge in [0.05, 0.1) is 31.6 Å². The first-order chi connectivity index (χ1) is 10.5. The van der Waals surface area contributed by atoms with E-state index < -0.39 is 0 Å². The molecule has 8 nitrogen and oxygen atoms in total. The topological polar surface area (TPSA) is 87.5 Å². The molecule has 0 spiro atoms. The van der Waals surface area contributed by atoms with E-state index in [1.165, 1.54) is 4.68 Å². The molecule has 1 rings (SSSR count). The van der Waals surface area contributed by atoms with Gasteiger partial charge in [0.15, 0.2) is 0 Å². The Balaban J connectivity index is 2.14. The summed E-state index contributed by atoms with van der Waals surface area (Å²) in [5.41, 5.74) is 0.704. The van der Waals surface area contributed by atoms with Crippen molar-refractivity contribution in [3.05, 3.63) is 11.9 Å². The number of nitrogens with zero attached hydrogens (tertiary/aromatic N) is 3. The lowest BCUT2D eigenvalue weighted by molar-refractivity contribution is -0.122. The molecule has 1 amide bonds. The van der Waals surface area contributed by atoms with E-state index in [-0.39, 0.29) is 31.5 Å². The zero-order chi connectivity index (χ0) is 16.4. The highest BCUT2D eigenvalue weighted by atomic mass is 16.7. The number of amides is 1. The molecule has 1 heterocycles. The summed E-state index contributed by atoms with van der Waals surface area (Å²) in [6.07, 6.45) is 1.97. The summed E-state index contributed by atoms with van der Waals surface area (Å²) in [5.74, 6) is -0.144. The molecule has 1 aromatic rings. The predicted molar refractivity (Wildman–Crippen MR) is 80.0 cm³/mol. The van der Waals surface area contributed by atoms with Gasteiger partial charge in [0.2, 0.25) is 5.91 Å². The molecule has 22 heavy (non-hydrogen) atoms. The first-order valence-corrected chi connectivity index (χ1v) is 7.44. The SMILES string of the molecule is CC(C)OCOCCNC(=O)Cn1cc(COC(C)C)nn1. The van der Waals surface area contributed by atoms with Crippen molar-refractivity contribution in [2.24, 2.45) is 0 Å². The van der Waals surface area contributed by atoms with Gasteiger partial charge in [0, 0.05) is 6.54 Å². The van der Waals surface area contributed by atoms with Crippen LogP contribution in [0.3, 0.4) is 0 Å². The van der Waals surface area contributed by atoms with Crippen LogP contribution in [0.25, 0.3) is 0 Å². The van der Waals surface area contributed by atoms with Crippen molar-refractivity contribution in [2.45, 2.75) is 53.1 Å². The van der Waals surface area contributed by atoms with Crippen LogP contribution >= 0.6 is 0 Å². The van der Waals surface area contributed by atoms with E-state index in [0.29, 0.717) is 25.5 Å². The minimum atomic E-state index is -0.144. The number of aromatic nitrogens is 3. The third kappa shape index (κ3) is 8.71. The molecule has 0 saturated carbocycles. The molecule has 1 N–H and O–H groups in total. The Morgan fingerprint density at radius 1 is 1.27 bits per heavy atom. The van der Waals surface area contributed by atoms with Gasteiger partial charge in [0.25, 0.3) is 0 Å². The molecule has 1 aromatic heterocycles. The average molecular weight is 314 g/mol. The zero-order valence-corrected chi connectivity index (χ0v) is 13.7. The van der Waals surface area contributed by atoms with Crippen LogP contribution in [0.15, 0.2) is 6.20 Å². The van der Waals surface area contributed by atoms with Gasteiger partial charge in [-0.25, -0.2) is 4.68 Å². The summed E-state index contributed by atoms with van der Waals surface area (Å²) >= 11 is 0. The van der Waals surface area contributed by atoms with Gasteiger partial charge in [-0.05, 0) is 27.7 Å². The van der Waals surface area contributed by atoms with Gasteiger partial charge in [-0.15, -0.1) is 5.10 Å². The van der Waals surface area contributed by atoms with Crippen LogP contribution in [-0.4, -0.2) is 53.1 Å². The van der Waals surface area contributed by atoms with Crippen LogP contribution < -0.4 is 5.32 Å². The van der Waals surface area contributed by atoms with Crippen molar-refractivity contribution < 1.29 is 19.0 Å². The second kappa shape index (κ2) is 10.3. The van der Waals surface area contributed by atoms with E-state index in [1.807, 2.05) is 27.7 Å². The molecule has 0 radical (unpaired) electrons. The fraction of sp³-hybridized carbons (Fsp3) is 0.786. The van der Waals surface area contributed by atoms with Gasteiger partial charge in [0.1, 0.15) is 19.0 Å². The molecule has 0 unspecified atom stereocenters. The molecular formula is C14H26N4O4. The quantitative estimate of drug-likeness (QED) is 0.478. The lowest BCUT2D eigenvalue weighted by Crippen LogP contribution is -2.31. The predicted octanol–water partition coefficient (Wildman–Crippen LogP) is 0.718. The number of nitrogens with one attached hydrogen (secondary N) is 1. The standard InChI is InChI=1S/C14H26N4O4/c1-11(2)21-9-13-7-18(17-16-13)8-14(19)15-5-6-20-10-22-12(3)4/h7,11-12H,5-6,8-10H2,1-4H3,(H,15,19). The van der Waals surface area contributed by atoms with Gasteiger partial charge in [-0.2, -0.15) is 0 Å². The molecule has 0 atom stereocenters. The summed E-state index contributed by atoms with van der Waals surface area (Å²) in [6.45, 7) is 9.35. The molecule has 0 saturated heterocycles. The molecule has 0 aliphatic rings. The van der Waals surface area contributed by atoms with Gasteiger partial charge < -0.3 is 19.5 Å². The Kier molecular flexibility index (Phi) is 8.64. The second-order valence-corrected chi connectivity index (χ2v) is 5.36. The third-order valence-electron chi connectivity index (χ3n) is 2.51. The number of carbonyl (C=O) groups excluding carboxylic acids is 1. The Labute approximate surface area is 131 Å². The lowest BCUT2D eigenvalue weighted by Gasteiger charge is -2.09. The molecule has 0 bridgehead atoms. The average Bonchev–Trinajstić information content (AvgIpc) is 2.87. The molecular weight excluding hydrogens is 288 g/mol. The van der Waals surface area contributed by atoms with Crippen molar-refractivity contribution >= 4 is 5.91 Å². The fourth-order valence-electron chi connectivity index (χ4n) is 1.44. The van der Waals surface area contributed by atoms with Gasteiger partial charge in [-0.1, -0.05) is 5.21 Å². The largest absolute Gasteiger partial charge is 0.372 e. The molecule has 0 aliphatic carbocycles. The van der Waals surface area contributed by atoms with Crippen molar-refractivity contribution in [2.75, 3.05) is 19.9 Å². The van der Waals surface area contributed by atoms with Gasteiger partial charge >= 0.3 is 0 Å². The number of rotatable bonds is 11. The summed E-state index contributed by atoms with van der Waals surface area (Å²) in [7, 11) is 0. The highest BCUT2D eigenvalue weighted by Gasteiger charge is 2.06. The second-order valence-electron chi connectivity index (χ2n) is 5.36. The first-order valence-electron chi connectivity index (χ1n) is 7.44.